The average molecular weight is 370 g/mol. The second-order valence-electron chi connectivity index (χ2n) is 5.69. The van der Waals surface area contributed by atoms with E-state index in [0.717, 1.165) is 12.2 Å². The van der Waals surface area contributed by atoms with Crippen LogP contribution in [-0.2, 0) is 13.0 Å². The summed E-state index contributed by atoms with van der Waals surface area (Å²) in [5.41, 5.74) is 0.667. The number of para-hydroxylation sites is 2. The van der Waals surface area contributed by atoms with E-state index in [2.05, 4.69) is 11.4 Å². The highest BCUT2D eigenvalue weighted by atomic mass is 32.1. The van der Waals surface area contributed by atoms with Gasteiger partial charge in [0.1, 0.15) is 11.5 Å². The second kappa shape index (κ2) is 9.10. The number of nitrogens with zero attached hydrogens (tertiary/aromatic N) is 1. The number of carbonyl (C=O) groups excluding carboxylic acids is 1. The highest BCUT2D eigenvalue weighted by Crippen LogP contribution is 2.24. The molecule has 5 nitrogen and oxygen atoms in total. The van der Waals surface area contributed by atoms with Crippen LogP contribution in [0.15, 0.2) is 64.6 Å². The molecule has 0 bridgehead atoms. The van der Waals surface area contributed by atoms with Crippen molar-refractivity contribution in [2.75, 3.05) is 18.5 Å². The van der Waals surface area contributed by atoms with E-state index in [9.17, 15) is 4.79 Å². The number of hydrogen-bond acceptors (Lipinski definition) is 4. The fourth-order valence-corrected chi connectivity index (χ4v) is 3.29. The molecule has 0 aliphatic heterocycles. The summed E-state index contributed by atoms with van der Waals surface area (Å²) in [5, 5.41) is 5.01. The SMILES string of the molecule is CCOc1ccccc1NC(=O)N(CCc1cccs1)Cc1ccco1. The maximum Gasteiger partial charge on any atom is 0.322 e. The standard InChI is InChI=1S/C20H22N2O3S/c1-2-24-19-10-4-3-9-18(19)21-20(23)22(15-16-7-5-13-25-16)12-11-17-8-6-14-26-17/h3-10,13-14H,2,11-12,15H2,1H3,(H,21,23). The van der Waals surface area contributed by atoms with Crippen molar-refractivity contribution in [2.24, 2.45) is 0 Å². The maximum absolute atomic E-state index is 12.9. The quantitative estimate of drug-likeness (QED) is 0.606. The monoisotopic (exact) mass is 370 g/mol. The number of hydrogen-bond donors (Lipinski definition) is 1. The molecule has 2 heterocycles. The molecule has 6 heteroatoms. The minimum absolute atomic E-state index is 0.176. The van der Waals surface area contributed by atoms with Crippen molar-refractivity contribution < 1.29 is 13.9 Å². The molecular weight excluding hydrogens is 348 g/mol. The number of nitrogens with one attached hydrogen (secondary N) is 1. The summed E-state index contributed by atoms with van der Waals surface area (Å²) in [5.74, 6) is 1.42. The Morgan fingerprint density at radius 1 is 1.19 bits per heavy atom. The minimum atomic E-state index is -0.176. The molecule has 0 saturated carbocycles. The van der Waals surface area contributed by atoms with Crippen molar-refractivity contribution in [3.8, 4) is 5.75 Å². The molecule has 0 saturated heterocycles. The van der Waals surface area contributed by atoms with E-state index in [-0.39, 0.29) is 6.03 Å². The molecule has 0 atom stereocenters. The van der Waals surface area contributed by atoms with E-state index in [4.69, 9.17) is 9.15 Å². The Morgan fingerprint density at radius 2 is 2.08 bits per heavy atom. The van der Waals surface area contributed by atoms with E-state index >= 15 is 0 Å². The van der Waals surface area contributed by atoms with Crippen LogP contribution in [0.1, 0.15) is 17.6 Å². The van der Waals surface area contributed by atoms with Gasteiger partial charge in [-0.05, 0) is 49.1 Å². The number of carbonyl (C=O) groups is 1. The summed E-state index contributed by atoms with van der Waals surface area (Å²) in [6, 6.07) is 15.1. The smallest absolute Gasteiger partial charge is 0.322 e. The van der Waals surface area contributed by atoms with Gasteiger partial charge in [-0.2, -0.15) is 0 Å². The molecule has 0 aliphatic rings. The van der Waals surface area contributed by atoms with Gasteiger partial charge in [0.25, 0.3) is 0 Å². The third-order valence-corrected chi connectivity index (χ3v) is 4.79. The first-order chi connectivity index (χ1) is 12.8. The zero-order valence-corrected chi connectivity index (χ0v) is 15.5. The van der Waals surface area contributed by atoms with Gasteiger partial charge >= 0.3 is 6.03 Å². The van der Waals surface area contributed by atoms with Crippen molar-refractivity contribution in [1.29, 1.82) is 0 Å². The van der Waals surface area contributed by atoms with Gasteiger partial charge in [-0.3, -0.25) is 0 Å². The Kier molecular flexibility index (Phi) is 6.33. The Morgan fingerprint density at radius 3 is 2.81 bits per heavy atom. The highest BCUT2D eigenvalue weighted by molar-refractivity contribution is 7.09. The number of thiophene rings is 1. The average Bonchev–Trinajstić information content (AvgIpc) is 3.34. The first kappa shape index (κ1) is 18.1. The largest absolute Gasteiger partial charge is 0.492 e. The van der Waals surface area contributed by atoms with Crippen molar-refractivity contribution in [3.63, 3.8) is 0 Å². The van der Waals surface area contributed by atoms with E-state index in [1.54, 1.807) is 22.5 Å². The van der Waals surface area contributed by atoms with Crippen LogP contribution in [0, 0.1) is 0 Å². The number of anilines is 1. The third-order valence-electron chi connectivity index (χ3n) is 3.85. The van der Waals surface area contributed by atoms with E-state index in [1.807, 2.05) is 54.8 Å². The van der Waals surface area contributed by atoms with Crippen molar-refractivity contribution in [3.05, 3.63) is 70.8 Å². The molecule has 1 aromatic carbocycles. The van der Waals surface area contributed by atoms with Gasteiger partial charge in [-0.25, -0.2) is 4.79 Å². The maximum atomic E-state index is 12.9. The van der Waals surface area contributed by atoms with Crippen molar-refractivity contribution in [2.45, 2.75) is 19.9 Å². The minimum Gasteiger partial charge on any atom is -0.492 e. The lowest BCUT2D eigenvalue weighted by atomic mass is 10.3. The highest BCUT2D eigenvalue weighted by Gasteiger charge is 2.17. The summed E-state index contributed by atoms with van der Waals surface area (Å²) < 4.78 is 11.0. The Balaban J connectivity index is 1.71. The van der Waals surface area contributed by atoms with Crippen molar-refractivity contribution in [1.82, 2.24) is 4.90 Å². The number of amides is 2. The van der Waals surface area contributed by atoms with Crippen molar-refractivity contribution >= 4 is 23.1 Å². The Bertz CT molecular complexity index is 800. The number of ether oxygens (including phenoxy) is 1. The summed E-state index contributed by atoms with van der Waals surface area (Å²) in [4.78, 5) is 15.9. The number of urea groups is 1. The van der Waals surface area contributed by atoms with Crippen LogP contribution in [0.4, 0.5) is 10.5 Å². The Labute approximate surface area is 157 Å². The number of benzene rings is 1. The molecule has 1 N–H and O–H groups in total. The Hall–Kier alpha value is -2.73. The molecule has 0 fully saturated rings. The van der Waals surface area contributed by atoms with Gasteiger partial charge in [0.15, 0.2) is 0 Å². The molecular formula is C20H22N2O3S. The molecule has 2 aromatic heterocycles. The van der Waals surface area contributed by atoms with Crippen LogP contribution < -0.4 is 10.1 Å². The summed E-state index contributed by atoms with van der Waals surface area (Å²) >= 11 is 1.70. The predicted molar refractivity (Wildman–Crippen MR) is 104 cm³/mol. The predicted octanol–water partition coefficient (Wildman–Crippen LogP) is 5.02. The zero-order chi connectivity index (χ0) is 18.2. The summed E-state index contributed by atoms with van der Waals surface area (Å²) in [6.45, 7) is 3.48. The fourth-order valence-electron chi connectivity index (χ4n) is 2.59. The molecule has 0 spiro atoms. The first-order valence-electron chi connectivity index (χ1n) is 8.58. The first-order valence-corrected chi connectivity index (χ1v) is 9.46. The lowest BCUT2D eigenvalue weighted by molar-refractivity contribution is 0.205. The van der Waals surface area contributed by atoms with E-state index < -0.39 is 0 Å². The van der Waals surface area contributed by atoms with Gasteiger partial charge in [0.05, 0.1) is 25.1 Å². The summed E-state index contributed by atoms with van der Waals surface area (Å²) in [6.07, 6.45) is 2.42. The van der Waals surface area contributed by atoms with Gasteiger partial charge < -0.3 is 19.4 Å². The van der Waals surface area contributed by atoms with Crippen LogP contribution in [0.3, 0.4) is 0 Å². The lowest BCUT2D eigenvalue weighted by Crippen LogP contribution is -2.36. The number of rotatable bonds is 8. The fraction of sp³-hybridized carbons (Fsp3) is 0.250. The molecule has 0 unspecified atom stereocenters. The van der Waals surface area contributed by atoms with Gasteiger partial charge in [0, 0.05) is 11.4 Å². The van der Waals surface area contributed by atoms with Crippen LogP contribution in [0.25, 0.3) is 0 Å². The molecule has 0 aliphatic carbocycles. The third kappa shape index (κ3) is 4.89. The zero-order valence-electron chi connectivity index (χ0n) is 14.7. The van der Waals surface area contributed by atoms with Gasteiger partial charge in [0.2, 0.25) is 0 Å². The number of furan rings is 1. The lowest BCUT2D eigenvalue weighted by Gasteiger charge is -2.22. The molecule has 2 amide bonds. The normalized spacial score (nSPS) is 10.5. The second-order valence-corrected chi connectivity index (χ2v) is 6.72. The van der Waals surface area contributed by atoms with Crippen LogP contribution in [0.5, 0.6) is 5.75 Å². The molecule has 136 valence electrons. The van der Waals surface area contributed by atoms with Gasteiger partial charge in [-0.1, -0.05) is 18.2 Å². The van der Waals surface area contributed by atoms with Crippen LogP contribution in [-0.4, -0.2) is 24.1 Å². The molecule has 3 aromatic rings. The van der Waals surface area contributed by atoms with Crippen LogP contribution in [0.2, 0.25) is 0 Å². The summed E-state index contributed by atoms with van der Waals surface area (Å²) in [7, 11) is 0. The molecule has 0 radical (unpaired) electrons. The van der Waals surface area contributed by atoms with E-state index in [1.165, 1.54) is 4.88 Å². The van der Waals surface area contributed by atoms with E-state index in [0.29, 0.717) is 31.1 Å². The van der Waals surface area contributed by atoms with Gasteiger partial charge in [-0.15, -0.1) is 11.3 Å². The van der Waals surface area contributed by atoms with Crippen LogP contribution >= 0.6 is 11.3 Å². The molecule has 26 heavy (non-hydrogen) atoms. The topological polar surface area (TPSA) is 54.7 Å². The molecule has 3 rings (SSSR count).